The fourth-order valence-electron chi connectivity index (χ4n) is 8.00. The van der Waals surface area contributed by atoms with E-state index in [1.54, 1.807) is 12.1 Å². The van der Waals surface area contributed by atoms with Gasteiger partial charge in [0.15, 0.2) is 0 Å². The molecule has 1 atom stereocenters. The molecule has 67 heavy (non-hydrogen) atoms. The number of hydrogen-bond acceptors (Lipinski definition) is 12. The van der Waals surface area contributed by atoms with Crippen molar-refractivity contribution in [2.75, 3.05) is 74.9 Å². The van der Waals surface area contributed by atoms with Gasteiger partial charge in [-0.05, 0) is 104 Å². The van der Waals surface area contributed by atoms with Crippen molar-refractivity contribution in [3.05, 3.63) is 137 Å². The summed E-state index contributed by atoms with van der Waals surface area (Å²) in [6.45, 7) is 10.9. The minimum Gasteiger partial charge on any atom is -0.380 e. The van der Waals surface area contributed by atoms with Gasteiger partial charge >= 0.3 is 5.51 Å². The van der Waals surface area contributed by atoms with Crippen molar-refractivity contribution in [1.29, 1.82) is 0 Å². The summed E-state index contributed by atoms with van der Waals surface area (Å²) in [5.74, 6) is -0.675. The molecule has 0 aromatic heterocycles. The molecule has 2 aliphatic rings. The Hall–Kier alpha value is -4.66. The van der Waals surface area contributed by atoms with Crippen LogP contribution in [0.5, 0.6) is 0 Å². The minimum absolute atomic E-state index is 0.0150. The van der Waals surface area contributed by atoms with E-state index in [4.69, 9.17) is 16.4 Å². The van der Waals surface area contributed by atoms with Crippen LogP contribution in [-0.4, -0.2) is 120 Å². The Bertz CT molecular complexity index is 2670. The Balaban J connectivity index is 1.01. The maximum Gasteiger partial charge on any atom is 0.501 e. The summed E-state index contributed by atoms with van der Waals surface area (Å²) in [4.78, 5) is 24.7. The summed E-state index contributed by atoms with van der Waals surface area (Å²) in [6, 6.07) is 33.7. The number of amides is 1. The summed E-state index contributed by atoms with van der Waals surface area (Å²) in [5, 5.41) is 5.60. The molecule has 0 aliphatic carbocycles. The van der Waals surface area contributed by atoms with E-state index in [9.17, 15) is 34.8 Å². The lowest BCUT2D eigenvalue weighted by Crippen LogP contribution is -2.47. The van der Waals surface area contributed by atoms with E-state index in [1.165, 1.54) is 29.5 Å². The number of benzene rings is 5. The third-order valence-corrected chi connectivity index (χ3v) is 15.8. The first-order valence-electron chi connectivity index (χ1n) is 22.0. The fourth-order valence-corrected chi connectivity index (χ4v) is 11.1. The number of sulfone groups is 1. The number of piperazine rings is 2. The quantitative estimate of drug-likeness (QED) is 0.0815. The third kappa shape index (κ3) is 13.3. The molecular formula is C48H54ClF3N6O6S3. The van der Waals surface area contributed by atoms with Crippen LogP contribution in [0.25, 0.3) is 11.1 Å². The molecule has 0 radical (unpaired) electrons. The van der Waals surface area contributed by atoms with Gasteiger partial charge in [0.1, 0.15) is 4.90 Å². The summed E-state index contributed by atoms with van der Waals surface area (Å²) in [7, 11) is -10.9. The first kappa shape index (κ1) is 50.2. The lowest BCUT2D eigenvalue weighted by molar-refractivity contribution is -0.202. The van der Waals surface area contributed by atoms with Gasteiger partial charge in [-0.15, -0.1) is 11.8 Å². The van der Waals surface area contributed by atoms with Crippen molar-refractivity contribution in [2.24, 2.45) is 0 Å². The normalized spacial score (nSPS) is 16.3. The number of hydroxylamine groups is 2. The van der Waals surface area contributed by atoms with E-state index >= 15 is 0 Å². The molecule has 12 nitrogen and oxygen atoms in total. The summed E-state index contributed by atoms with van der Waals surface area (Å²) < 4.78 is 98.2. The molecule has 0 bridgehead atoms. The Labute approximate surface area is 400 Å². The number of thioether (sulfide) groups is 1. The van der Waals surface area contributed by atoms with Gasteiger partial charge in [0.25, 0.3) is 25.8 Å². The predicted molar refractivity (Wildman–Crippen MR) is 259 cm³/mol. The maximum atomic E-state index is 14.3. The number of anilines is 2. The molecule has 2 aliphatic heterocycles. The number of hydrogen-bond donors (Lipinski definition) is 2. The van der Waals surface area contributed by atoms with Crippen LogP contribution in [0.3, 0.4) is 0 Å². The Morgan fingerprint density at radius 3 is 2.07 bits per heavy atom. The molecule has 0 saturated carbocycles. The topological polar surface area (TPSA) is 132 Å². The second-order valence-electron chi connectivity index (χ2n) is 16.7. The monoisotopic (exact) mass is 998 g/mol. The van der Waals surface area contributed by atoms with Crippen LogP contribution < -0.4 is 14.9 Å². The van der Waals surface area contributed by atoms with Crippen molar-refractivity contribution >= 4 is 60.5 Å². The van der Waals surface area contributed by atoms with Crippen molar-refractivity contribution in [1.82, 2.24) is 19.6 Å². The SMILES string of the molecule is CC(C)ON1CCN(CC[C@H](CSc2ccccc2)Nc2ccc(S(=O)(=O)NC(=O)c3ccc(N4CCN(Cc5ccccc5-c5ccc(Cl)cc5)CC4)cc3)cc2S(=O)(=O)C(F)(F)F)CC1. The smallest absolute Gasteiger partial charge is 0.380 e. The number of sulfonamides is 1. The molecule has 19 heteroatoms. The third-order valence-electron chi connectivity index (χ3n) is 11.6. The van der Waals surface area contributed by atoms with Crippen LogP contribution in [0.2, 0.25) is 5.02 Å². The van der Waals surface area contributed by atoms with Gasteiger partial charge in [-0.25, -0.2) is 21.6 Å². The van der Waals surface area contributed by atoms with E-state index < -0.39 is 52.8 Å². The van der Waals surface area contributed by atoms with Gasteiger partial charge in [0, 0.05) is 98.4 Å². The zero-order chi connectivity index (χ0) is 47.8. The van der Waals surface area contributed by atoms with Crippen molar-refractivity contribution in [2.45, 2.75) is 59.2 Å². The molecule has 7 rings (SSSR count). The average molecular weight is 1000 g/mol. The van der Waals surface area contributed by atoms with E-state index in [1.807, 2.05) is 90.4 Å². The van der Waals surface area contributed by atoms with Crippen LogP contribution in [-0.2, 0) is 31.2 Å². The van der Waals surface area contributed by atoms with Crippen molar-refractivity contribution < 1.29 is 39.6 Å². The van der Waals surface area contributed by atoms with E-state index in [-0.39, 0.29) is 11.7 Å². The predicted octanol–water partition coefficient (Wildman–Crippen LogP) is 8.66. The average Bonchev–Trinajstić information content (AvgIpc) is 3.31. The molecule has 0 unspecified atom stereocenters. The van der Waals surface area contributed by atoms with Gasteiger partial charge in [-0.1, -0.05) is 66.2 Å². The second-order valence-corrected chi connectivity index (χ2v) is 21.8. The highest BCUT2D eigenvalue weighted by atomic mass is 35.5. The molecule has 0 spiro atoms. The number of nitrogens with zero attached hydrogens (tertiary/aromatic N) is 4. The minimum atomic E-state index is -6.07. The first-order chi connectivity index (χ1) is 31.9. The van der Waals surface area contributed by atoms with E-state index in [0.29, 0.717) is 69.1 Å². The van der Waals surface area contributed by atoms with Gasteiger partial charge < -0.3 is 15.1 Å². The molecule has 2 N–H and O–H groups in total. The number of halogens is 4. The standard InChI is InChI=1S/C48H54ClF3N6O6S3/c1-35(2)64-58-30-26-55(27-31-58)23-22-40(34-65-42-9-4-3-5-10-42)53-45-21-20-43(32-46(45)66(60,61)48(50,51)52)67(62,63)54-47(59)37-14-18-41(19-15-37)57-28-24-56(25-29-57)33-38-8-6-7-11-44(38)36-12-16-39(49)17-13-36/h3-21,32,35,40,53H,22-31,33-34H2,1-2H3,(H,54,59)/t40-/m1/s1. The zero-order valence-corrected chi connectivity index (χ0v) is 40.4. The Morgan fingerprint density at radius 2 is 1.42 bits per heavy atom. The maximum absolute atomic E-state index is 14.3. The van der Waals surface area contributed by atoms with Crippen molar-refractivity contribution in [3.8, 4) is 11.1 Å². The molecular weight excluding hydrogens is 945 g/mol. The summed E-state index contributed by atoms with van der Waals surface area (Å²) in [6.07, 6.45) is 0.469. The van der Waals surface area contributed by atoms with Crippen LogP contribution in [0.15, 0.2) is 136 Å². The van der Waals surface area contributed by atoms with Gasteiger partial charge in [-0.3, -0.25) is 14.5 Å². The molecule has 2 saturated heterocycles. The van der Waals surface area contributed by atoms with E-state index in [0.717, 1.165) is 53.5 Å². The number of alkyl halides is 3. The number of carbonyl (C=O) groups is 1. The zero-order valence-electron chi connectivity index (χ0n) is 37.2. The first-order valence-corrected chi connectivity index (χ1v) is 26.3. The van der Waals surface area contributed by atoms with Gasteiger partial charge in [-0.2, -0.15) is 18.2 Å². The Morgan fingerprint density at radius 1 is 0.776 bits per heavy atom. The van der Waals surface area contributed by atoms with Crippen LogP contribution in [0, 0.1) is 0 Å². The highest BCUT2D eigenvalue weighted by Gasteiger charge is 2.48. The lowest BCUT2D eigenvalue weighted by Gasteiger charge is -2.36. The highest BCUT2D eigenvalue weighted by molar-refractivity contribution is 7.99. The molecule has 5 aromatic carbocycles. The number of nitrogens with one attached hydrogen (secondary N) is 2. The number of rotatable bonds is 18. The Kier molecular flexibility index (Phi) is 16.6. The van der Waals surface area contributed by atoms with Gasteiger partial charge in [0.05, 0.1) is 16.7 Å². The molecule has 2 heterocycles. The molecule has 2 fully saturated rings. The largest absolute Gasteiger partial charge is 0.501 e. The summed E-state index contributed by atoms with van der Waals surface area (Å²) >= 11 is 7.57. The molecule has 5 aromatic rings. The fraction of sp³-hybridized carbons (Fsp3) is 0.354. The highest BCUT2D eigenvalue weighted by Crippen LogP contribution is 2.37. The van der Waals surface area contributed by atoms with Crippen LogP contribution in [0.1, 0.15) is 36.2 Å². The van der Waals surface area contributed by atoms with Crippen molar-refractivity contribution in [3.63, 3.8) is 0 Å². The van der Waals surface area contributed by atoms with E-state index in [2.05, 4.69) is 32.1 Å². The lowest BCUT2D eigenvalue weighted by atomic mass is 9.99. The number of carbonyl (C=O) groups excluding carboxylic acids is 1. The second kappa shape index (κ2) is 22.2. The van der Waals surface area contributed by atoms with Crippen LogP contribution in [0.4, 0.5) is 24.5 Å². The van der Waals surface area contributed by atoms with Crippen LogP contribution >= 0.6 is 23.4 Å². The summed E-state index contributed by atoms with van der Waals surface area (Å²) in [5.41, 5.74) is -1.93. The van der Waals surface area contributed by atoms with Gasteiger partial charge in [0.2, 0.25) is 0 Å². The molecule has 1 amide bonds. The molecule has 358 valence electrons.